The second-order valence-corrected chi connectivity index (χ2v) is 5.54. The zero-order valence-corrected chi connectivity index (χ0v) is 10.0. The van der Waals surface area contributed by atoms with Gasteiger partial charge in [-0.25, -0.2) is 0 Å². The van der Waals surface area contributed by atoms with E-state index in [2.05, 4.69) is 26.1 Å². The summed E-state index contributed by atoms with van der Waals surface area (Å²) < 4.78 is 0. The third kappa shape index (κ3) is 2.74. The summed E-state index contributed by atoms with van der Waals surface area (Å²) in [6, 6.07) is 0. The Hall–Kier alpha value is -0.500. The van der Waals surface area contributed by atoms with Crippen LogP contribution in [0, 0.1) is 5.41 Å². The van der Waals surface area contributed by atoms with Crippen molar-refractivity contribution in [3.8, 4) is 0 Å². The van der Waals surface area contributed by atoms with Crippen LogP contribution < -0.4 is 5.32 Å². The lowest BCUT2D eigenvalue weighted by Gasteiger charge is -2.17. The summed E-state index contributed by atoms with van der Waals surface area (Å²) >= 11 is 5.69. The van der Waals surface area contributed by atoms with Crippen LogP contribution in [-0.4, -0.2) is 11.3 Å². The summed E-state index contributed by atoms with van der Waals surface area (Å²) in [5.41, 5.74) is 2.62. The zero-order chi connectivity index (χ0) is 10.9. The molecule has 1 N–H and O–H groups in total. The third-order valence-electron chi connectivity index (χ3n) is 2.55. The molecule has 0 fully saturated rings. The number of alkyl halides is 1. The second-order valence-electron chi connectivity index (χ2n) is 4.88. The van der Waals surface area contributed by atoms with Crippen molar-refractivity contribution >= 4 is 17.5 Å². The van der Waals surface area contributed by atoms with Gasteiger partial charge in [0, 0.05) is 5.70 Å². The maximum absolute atomic E-state index is 11.4. The van der Waals surface area contributed by atoms with Crippen LogP contribution in [0.3, 0.4) is 0 Å². The van der Waals surface area contributed by atoms with Gasteiger partial charge in [-0.2, -0.15) is 0 Å². The molecule has 14 heavy (non-hydrogen) atoms. The minimum Gasteiger partial charge on any atom is -0.329 e. The SMILES string of the molecule is CC1=C(NC(=O)C(C)Cl)CC(C)(C)C1. The molecule has 0 aromatic heterocycles. The Labute approximate surface area is 90.7 Å². The Kier molecular flexibility index (Phi) is 3.25. The van der Waals surface area contributed by atoms with Gasteiger partial charge in [-0.3, -0.25) is 4.79 Å². The molecule has 0 spiro atoms. The highest BCUT2D eigenvalue weighted by Crippen LogP contribution is 2.39. The normalized spacial score (nSPS) is 22.4. The van der Waals surface area contributed by atoms with Crippen molar-refractivity contribution < 1.29 is 4.79 Å². The number of nitrogens with one attached hydrogen (secondary N) is 1. The molecule has 2 nitrogen and oxygen atoms in total. The molecule has 0 aromatic carbocycles. The molecular weight excluding hydrogens is 198 g/mol. The fourth-order valence-electron chi connectivity index (χ4n) is 1.92. The average molecular weight is 216 g/mol. The Bertz CT molecular complexity index is 279. The smallest absolute Gasteiger partial charge is 0.241 e. The molecule has 0 saturated heterocycles. The maximum Gasteiger partial charge on any atom is 0.241 e. The summed E-state index contributed by atoms with van der Waals surface area (Å²) in [4.78, 5) is 11.4. The van der Waals surface area contributed by atoms with Crippen molar-refractivity contribution in [2.75, 3.05) is 0 Å². The Balaban J connectivity index is 2.63. The van der Waals surface area contributed by atoms with Gasteiger partial charge in [-0.15, -0.1) is 11.6 Å². The minimum absolute atomic E-state index is 0.0984. The number of carbonyl (C=O) groups is 1. The van der Waals surface area contributed by atoms with Gasteiger partial charge in [0.2, 0.25) is 5.91 Å². The number of rotatable bonds is 2. The first-order valence-electron chi connectivity index (χ1n) is 4.95. The number of carbonyl (C=O) groups excluding carboxylic acids is 1. The van der Waals surface area contributed by atoms with E-state index in [1.54, 1.807) is 6.92 Å². The van der Waals surface area contributed by atoms with Crippen LogP contribution in [0.25, 0.3) is 0 Å². The highest BCUT2D eigenvalue weighted by molar-refractivity contribution is 6.30. The standard InChI is InChI=1S/C11H18ClNO/c1-7-5-11(3,4)6-9(7)13-10(14)8(2)12/h8H,5-6H2,1-4H3,(H,13,14). The first-order valence-corrected chi connectivity index (χ1v) is 5.39. The van der Waals surface area contributed by atoms with E-state index in [1.165, 1.54) is 5.57 Å². The van der Waals surface area contributed by atoms with E-state index in [9.17, 15) is 4.79 Å². The Morgan fingerprint density at radius 2 is 2.07 bits per heavy atom. The van der Waals surface area contributed by atoms with Gasteiger partial charge < -0.3 is 5.32 Å². The van der Waals surface area contributed by atoms with E-state index in [1.807, 2.05) is 0 Å². The molecule has 0 aromatic rings. The summed E-state index contributed by atoms with van der Waals surface area (Å²) in [6.45, 7) is 8.18. The monoisotopic (exact) mass is 215 g/mol. The molecule has 3 heteroatoms. The predicted octanol–water partition coefficient (Wildman–Crippen LogP) is 2.82. The molecule has 0 aliphatic heterocycles. The van der Waals surface area contributed by atoms with Gasteiger partial charge in [-0.05, 0) is 32.1 Å². The van der Waals surface area contributed by atoms with E-state index in [4.69, 9.17) is 11.6 Å². The molecule has 0 heterocycles. The van der Waals surface area contributed by atoms with Gasteiger partial charge >= 0.3 is 0 Å². The molecule has 0 radical (unpaired) electrons. The van der Waals surface area contributed by atoms with Crippen molar-refractivity contribution in [1.29, 1.82) is 0 Å². The lowest BCUT2D eigenvalue weighted by Crippen LogP contribution is -2.29. The minimum atomic E-state index is -0.459. The van der Waals surface area contributed by atoms with E-state index in [0.717, 1.165) is 18.5 Å². The van der Waals surface area contributed by atoms with Crippen LogP contribution in [0.1, 0.15) is 40.5 Å². The van der Waals surface area contributed by atoms with E-state index >= 15 is 0 Å². The molecular formula is C11H18ClNO. The zero-order valence-electron chi connectivity index (χ0n) is 9.28. The van der Waals surface area contributed by atoms with Crippen LogP contribution in [0.5, 0.6) is 0 Å². The molecule has 0 saturated carbocycles. The van der Waals surface area contributed by atoms with Crippen LogP contribution in [0.4, 0.5) is 0 Å². The number of hydrogen-bond acceptors (Lipinski definition) is 1. The number of amides is 1. The van der Waals surface area contributed by atoms with Crippen LogP contribution in [0.2, 0.25) is 0 Å². The fraction of sp³-hybridized carbons (Fsp3) is 0.727. The summed E-state index contributed by atoms with van der Waals surface area (Å²) in [5.74, 6) is -0.0984. The van der Waals surface area contributed by atoms with Crippen LogP contribution >= 0.6 is 11.6 Å². The van der Waals surface area contributed by atoms with Crippen LogP contribution in [-0.2, 0) is 4.79 Å². The number of hydrogen-bond donors (Lipinski definition) is 1. The summed E-state index contributed by atoms with van der Waals surface area (Å²) in [5, 5.41) is 2.43. The summed E-state index contributed by atoms with van der Waals surface area (Å²) in [7, 11) is 0. The fourth-order valence-corrected chi connectivity index (χ4v) is 1.97. The van der Waals surface area contributed by atoms with Gasteiger partial charge in [0.15, 0.2) is 0 Å². The van der Waals surface area contributed by atoms with Crippen molar-refractivity contribution in [3.05, 3.63) is 11.3 Å². The van der Waals surface area contributed by atoms with Crippen molar-refractivity contribution in [2.24, 2.45) is 5.41 Å². The third-order valence-corrected chi connectivity index (χ3v) is 2.75. The summed E-state index contributed by atoms with van der Waals surface area (Å²) in [6.07, 6.45) is 1.99. The first-order chi connectivity index (χ1) is 6.32. The highest BCUT2D eigenvalue weighted by Gasteiger charge is 2.29. The van der Waals surface area contributed by atoms with Gasteiger partial charge in [0.25, 0.3) is 0 Å². The Morgan fingerprint density at radius 1 is 1.50 bits per heavy atom. The second kappa shape index (κ2) is 3.93. The Morgan fingerprint density at radius 3 is 2.43 bits per heavy atom. The first kappa shape index (κ1) is 11.6. The van der Waals surface area contributed by atoms with E-state index in [0.29, 0.717) is 0 Å². The van der Waals surface area contributed by atoms with Crippen molar-refractivity contribution in [3.63, 3.8) is 0 Å². The molecule has 1 aliphatic carbocycles. The molecule has 1 atom stereocenters. The molecule has 1 aliphatic rings. The molecule has 80 valence electrons. The largest absolute Gasteiger partial charge is 0.329 e. The number of halogens is 1. The maximum atomic E-state index is 11.4. The van der Waals surface area contributed by atoms with Crippen LogP contribution in [0.15, 0.2) is 11.3 Å². The predicted molar refractivity (Wildman–Crippen MR) is 59.2 cm³/mol. The lowest BCUT2D eigenvalue weighted by atomic mass is 9.90. The highest BCUT2D eigenvalue weighted by atomic mass is 35.5. The van der Waals surface area contributed by atoms with Crippen molar-refractivity contribution in [1.82, 2.24) is 5.32 Å². The van der Waals surface area contributed by atoms with Gasteiger partial charge in [0.1, 0.15) is 5.38 Å². The molecule has 0 bridgehead atoms. The molecule has 1 rings (SSSR count). The quantitative estimate of drug-likeness (QED) is 0.706. The molecule has 1 amide bonds. The van der Waals surface area contributed by atoms with Gasteiger partial charge in [-0.1, -0.05) is 19.4 Å². The van der Waals surface area contributed by atoms with Gasteiger partial charge in [0.05, 0.1) is 0 Å². The van der Waals surface area contributed by atoms with E-state index in [-0.39, 0.29) is 11.3 Å². The lowest BCUT2D eigenvalue weighted by molar-refractivity contribution is -0.119. The van der Waals surface area contributed by atoms with E-state index < -0.39 is 5.38 Å². The topological polar surface area (TPSA) is 29.1 Å². The average Bonchev–Trinajstić information content (AvgIpc) is 2.24. The molecule has 1 unspecified atom stereocenters. The van der Waals surface area contributed by atoms with Crippen molar-refractivity contribution in [2.45, 2.75) is 45.9 Å². The number of allylic oxidation sites excluding steroid dienone is 2.